The van der Waals surface area contributed by atoms with E-state index in [1.165, 1.54) is 4.90 Å². The second-order valence-corrected chi connectivity index (χ2v) is 5.71. The van der Waals surface area contributed by atoms with Crippen LogP contribution in [0.15, 0.2) is 12.1 Å². The molecule has 1 atom stereocenters. The molecule has 0 saturated carbocycles. The van der Waals surface area contributed by atoms with Gasteiger partial charge in [-0.05, 0) is 12.1 Å². The fourth-order valence-corrected chi connectivity index (χ4v) is 2.66. The highest BCUT2D eigenvalue weighted by Crippen LogP contribution is 2.25. The molecule has 25 heavy (non-hydrogen) atoms. The van der Waals surface area contributed by atoms with Gasteiger partial charge in [-0.15, -0.1) is 12.4 Å². The van der Waals surface area contributed by atoms with Crippen LogP contribution in [0, 0.1) is 11.6 Å². The second-order valence-electron chi connectivity index (χ2n) is 5.30. The van der Waals surface area contributed by atoms with E-state index < -0.39 is 41.9 Å². The fourth-order valence-electron chi connectivity index (χ4n) is 2.43. The van der Waals surface area contributed by atoms with Crippen molar-refractivity contribution in [3.63, 3.8) is 0 Å². The first-order chi connectivity index (χ1) is 11.2. The topological polar surface area (TPSA) is 44.4 Å². The van der Waals surface area contributed by atoms with Crippen molar-refractivity contribution in [3.05, 3.63) is 34.4 Å². The highest BCUT2D eigenvalue weighted by atomic mass is 35.5. The molecule has 0 spiro atoms. The first kappa shape index (κ1) is 21.9. The number of benzene rings is 1. The third-order valence-corrected chi connectivity index (χ3v) is 3.99. The molecule has 1 aromatic carbocycles. The van der Waals surface area contributed by atoms with Gasteiger partial charge < -0.3 is 10.6 Å². The zero-order valence-electron chi connectivity index (χ0n) is 12.8. The standard InChI is InChI=1S/C14H15ClF5N3O.ClH/c15-9-6-11(17)10(16)5-8(9)13(24)22-7-12(14(18,19)20)23-3-1-21-2-4-23;/h5-6,12,21H,1-4,7H2,(H,22,24);1H. The van der Waals surface area contributed by atoms with E-state index in [1.807, 2.05) is 0 Å². The Morgan fingerprint density at radius 3 is 2.36 bits per heavy atom. The number of halogens is 7. The molecule has 0 aromatic heterocycles. The maximum Gasteiger partial charge on any atom is 0.405 e. The molecule has 1 amide bonds. The van der Waals surface area contributed by atoms with Crippen LogP contribution in [0.3, 0.4) is 0 Å². The largest absolute Gasteiger partial charge is 0.405 e. The monoisotopic (exact) mass is 407 g/mol. The molecule has 11 heteroatoms. The zero-order valence-corrected chi connectivity index (χ0v) is 14.4. The maximum atomic E-state index is 13.2. The molecule has 1 aromatic rings. The van der Waals surface area contributed by atoms with Crippen molar-refractivity contribution in [1.82, 2.24) is 15.5 Å². The molecule has 1 aliphatic heterocycles. The Morgan fingerprint density at radius 2 is 1.80 bits per heavy atom. The number of carbonyl (C=O) groups excluding carboxylic acids is 1. The third kappa shape index (κ3) is 5.67. The van der Waals surface area contributed by atoms with Crippen molar-refractivity contribution in [1.29, 1.82) is 0 Å². The van der Waals surface area contributed by atoms with Crippen LogP contribution >= 0.6 is 24.0 Å². The predicted octanol–water partition coefficient (Wildman–Crippen LogP) is 2.61. The minimum atomic E-state index is -4.54. The molecular formula is C14H16Cl2F5N3O. The van der Waals surface area contributed by atoms with Crippen LogP contribution in [0.25, 0.3) is 0 Å². The summed E-state index contributed by atoms with van der Waals surface area (Å²) in [6.45, 7) is 0.487. The summed E-state index contributed by atoms with van der Waals surface area (Å²) >= 11 is 5.64. The second kappa shape index (κ2) is 8.98. The van der Waals surface area contributed by atoms with Gasteiger partial charge in [-0.1, -0.05) is 11.6 Å². The van der Waals surface area contributed by atoms with Crippen LogP contribution in [0.5, 0.6) is 0 Å². The van der Waals surface area contributed by atoms with E-state index in [1.54, 1.807) is 0 Å². The van der Waals surface area contributed by atoms with Crippen LogP contribution < -0.4 is 10.6 Å². The van der Waals surface area contributed by atoms with Crippen molar-refractivity contribution in [2.75, 3.05) is 32.7 Å². The van der Waals surface area contributed by atoms with Crippen molar-refractivity contribution >= 4 is 29.9 Å². The van der Waals surface area contributed by atoms with E-state index in [2.05, 4.69) is 10.6 Å². The van der Waals surface area contributed by atoms with E-state index in [4.69, 9.17) is 11.6 Å². The molecule has 0 bridgehead atoms. The van der Waals surface area contributed by atoms with Gasteiger partial charge in [-0.25, -0.2) is 8.78 Å². The molecule has 1 heterocycles. The summed E-state index contributed by atoms with van der Waals surface area (Å²) in [5, 5.41) is 4.66. The van der Waals surface area contributed by atoms with Crippen molar-refractivity contribution < 1.29 is 26.7 Å². The summed E-state index contributed by atoms with van der Waals surface area (Å²) in [4.78, 5) is 13.2. The lowest BCUT2D eigenvalue weighted by Gasteiger charge is -2.35. The van der Waals surface area contributed by atoms with E-state index in [0.29, 0.717) is 25.2 Å². The smallest absolute Gasteiger partial charge is 0.350 e. The van der Waals surface area contributed by atoms with Gasteiger partial charge in [0, 0.05) is 32.7 Å². The van der Waals surface area contributed by atoms with Gasteiger partial charge in [0.15, 0.2) is 11.6 Å². The highest BCUT2D eigenvalue weighted by molar-refractivity contribution is 6.33. The van der Waals surface area contributed by atoms with E-state index in [0.717, 1.165) is 0 Å². The van der Waals surface area contributed by atoms with Crippen LogP contribution in [-0.2, 0) is 0 Å². The van der Waals surface area contributed by atoms with Gasteiger partial charge in [-0.3, -0.25) is 9.69 Å². The molecule has 1 aliphatic rings. The number of amides is 1. The normalized spacial score (nSPS) is 16.9. The van der Waals surface area contributed by atoms with E-state index >= 15 is 0 Å². The van der Waals surface area contributed by atoms with Gasteiger partial charge in [0.2, 0.25) is 0 Å². The molecule has 2 N–H and O–H groups in total. The first-order valence-electron chi connectivity index (χ1n) is 7.14. The molecule has 0 radical (unpaired) electrons. The molecule has 0 aliphatic carbocycles. The van der Waals surface area contributed by atoms with Crippen LogP contribution in [0.2, 0.25) is 5.02 Å². The van der Waals surface area contributed by atoms with Crippen molar-refractivity contribution in [2.24, 2.45) is 0 Å². The van der Waals surface area contributed by atoms with Crippen LogP contribution in [0.1, 0.15) is 10.4 Å². The summed E-state index contributed by atoms with van der Waals surface area (Å²) in [7, 11) is 0. The third-order valence-electron chi connectivity index (χ3n) is 3.68. The number of hydrogen-bond acceptors (Lipinski definition) is 3. The summed E-state index contributed by atoms with van der Waals surface area (Å²) in [6, 6.07) is -0.711. The van der Waals surface area contributed by atoms with Gasteiger partial charge >= 0.3 is 6.18 Å². The van der Waals surface area contributed by atoms with Crippen LogP contribution in [0.4, 0.5) is 22.0 Å². The lowest BCUT2D eigenvalue weighted by molar-refractivity contribution is -0.183. The first-order valence-corrected chi connectivity index (χ1v) is 7.52. The number of rotatable bonds is 4. The predicted molar refractivity (Wildman–Crippen MR) is 85.2 cm³/mol. The van der Waals surface area contributed by atoms with Gasteiger partial charge in [0.25, 0.3) is 5.91 Å². The quantitative estimate of drug-likeness (QED) is 0.595. The van der Waals surface area contributed by atoms with Crippen molar-refractivity contribution in [3.8, 4) is 0 Å². The summed E-state index contributed by atoms with van der Waals surface area (Å²) in [5.74, 6) is -3.55. The highest BCUT2D eigenvalue weighted by Gasteiger charge is 2.43. The summed E-state index contributed by atoms with van der Waals surface area (Å²) in [5.41, 5.74) is -0.420. The van der Waals surface area contributed by atoms with Gasteiger partial charge in [0.05, 0.1) is 10.6 Å². The average Bonchev–Trinajstić information content (AvgIpc) is 2.50. The number of carbonyl (C=O) groups is 1. The zero-order chi connectivity index (χ0) is 17.9. The minimum absolute atomic E-state index is 0. The number of nitrogens with one attached hydrogen (secondary N) is 2. The Kier molecular flexibility index (Phi) is 7.86. The molecule has 1 saturated heterocycles. The Bertz CT molecular complexity index is 609. The van der Waals surface area contributed by atoms with Gasteiger partial charge in [0.1, 0.15) is 6.04 Å². The number of nitrogens with zero attached hydrogens (tertiary/aromatic N) is 1. The average molecular weight is 408 g/mol. The summed E-state index contributed by atoms with van der Waals surface area (Å²) in [6.07, 6.45) is -4.54. The molecule has 1 unspecified atom stereocenters. The summed E-state index contributed by atoms with van der Waals surface area (Å²) < 4.78 is 65.8. The maximum absolute atomic E-state index is 13.2. The fraction of sp³-hybridized carbons (Fsp3) is 0.500. The van der Waals surface area contributed by atoms with Crippen LogP contribution in [-0.4, -0.2) is 55.7 Å². The Hall–Kier alpha value is -1.16. The number of alkyl halides is 3. The molecule has 2 rings (SSSR count). The van der Waals surface area contributed by atoms with Gasteiger partial charge in [-0.2, -0.15) is 13.2 Å². The Balaban J connectivity index is 0.00000312. The number of piperazine rings is 1. The Morgan fingerprint density at radius 1 is 1.24 bits per heavy atom. The SMILES string of the molecule is Cl.O=C(NCC(N1CCNCC1)C(F)(F)F)c1cc(F)c(F)cc1Cl. The number of hydrogen-bond donors (Lipinski definition) is 2. The molecule has 1 fully saturated rings. The molecular weight excluding hydrogens is 392 g/mol. The molecule has 4 nitrogen and oxygen atoms in total. The molecule has 142 valence electrons. The lowest BCUT2D eigenvalue weighted by Crippen LogP contribution is -2.57. The van der Waals surface area contributed by atoms with E-state index in [9.17, 15) is 26.7 Å². The Labute approximate surface area is 152 Å². The minimum Gasteiger partial charge on any atom is -0.350 e. The van der Waals surface area contributed by atoms with Crippen molar-refractivity contribution in [2.45, 2.75) is 12.2 Å². The van der Waals surface area contributed by atoms with E-state index in [-0.39, 0.29) is 30.5 Å². The lowest BCUT2D eigenvalue weighted by atomic mass is 10.1.